The number of imide groups is 1. The van der Waals surface area contributed by atoms with Crippen LogP contribution in [0.2, 0.25) is 0 Å². The molecule has 1 saturated carbocycles. The quantitative estimate of drug-likeness (QED) is 0.819. The van der Waals surface area contributed by atoms with Crippen molar-refractivity contribution in [3.05, 3.63) is 42.0 Å². The summed E-state index contributed by atoms with van der Waals surface area (Å²) in [5.41, 5.74) is 1.60. The van der Waals surface area contributed by atoms with Crippen LogP contribution in [0.4, 0.5) is 4.79 Å². The molecule has 2 atom stereocenters. The number of nitrogens with one attached hydrogen (secondary N) is 1. The van der Waals surface area contributed by atoms with Crippen molar-refractivity contribution in [2.75, 3.05) is 19.6 Å². The molecule has 2 heterocycles. The number of benzene rings is 1. The Labute approximate surface area is 165 Å². The average Bonchev–Trinajstić information content (AvgIpc) is 2.96. The zero-order chi connectivity index (χ0) is 19.7. The molecule has 2 unspecified atom stereocenters. The second kappa shape index (κ2) is 7.41. The minimum atomic E-state index is -0.808. The summed E-state index contributed by atoms with van der Waals surface area (Å²) >= 11 is 0. The molecule has 148 valence electrons. The van der Waals surface area contributed by atoms with E-state index in [9.17, 15) is 14.4 Å². The van der Waals surface area contributed by atoms with E-state index in [0.29, 0.717) is 19.5 Å². The molecule has 4 rings (SSSR count). The number of carbonyl (C=O) groups is 3. The molecule has 28 heavy (non-hydrogen) atoms. The van der Waals surface area contributed by atoms with Gasteiger partial charge in [0, 0.05) is 13.1 Å². The number of nitrogens with zero attached hydrogens (tertiary/aromatic N) is 2. The lowest BCUT2D eigenvalue weighted by Crippen LogP contribution is -2.54. The van der Waals surface area contributed by atoms with Crippen molar-refractivity contribution < 1.29 is 14.4 Å². The van der Waals surface area contributed by atoms with Crippen LogP contribution in [-0.4, -0.2) is 52.8 Å². The first-order chi connectivity index (χ1) is 13.5. The van der Waals surface area contributed by atoms with Crippen molar-refractivity contribution in [2.45, 2.75) is 44.6 Å². The molecule has 0 bridgehead atoms. The van der Waals surface area contributed by atoms with Crippen LogP contribution in [0.5, 0.6) is 0 Å². The van der Waals surface area contributed by atoms with E-state index in [-0.39, 0.29) is 24.3 Å². The molecular formula is C22H27N3O3. The Morgan fingerprint density at radius 1 is 1.21 bits per heavy atom. The molecule has 1 saturated heterocycles. The van der Waals surface area contributed by atoms with Crippen LogP contribution < -0.4 is 5.32 Å². The zero-order valence-corrected chi connectivity index (χ0v) is 16.3. The van der Waals surface area contributed by atoms with Crippen molar-refractivity contribution in [3.8, 4) is 0 Å². The largest absolute Gasteiger partial charge is 0.337 e. The predicted molar refractivity (Wildman–Crippen MR) is 106 cm³/mol. The Kier molecular flexibility index (Phi) is 4.96. The van der Waals surface area contributed by atoms with E-state index in [2.05, 4.69) is 23.5 Å². The van der Waals surface area contributed by atoms with E-state index in [4.69, 9.17) is 0 Å². The molecule has 3 aliphatic rings. The van der Waals surface area contributed by atoms with E-state index < -0.39 is 11.6 Å². The molecule has 6 heteroatoms. The van der Waals surface area contributed by atoms with Gasteiger partial charge in [0.15, 0.2) is 0 Å². The van der Waals surface area contributed by atoms with Gasteiger partial charge in [0.05, 0.1) is 0 Å². The smallest absolute Gasteiger partial charge is 0.325 e. The molecular weight excluding hydrogens is 354 g/mol. The number of rotatable bonds is 3. The van der Waals surface area contributed by atoms with Gasteiger partial charge in [-0.05, 0) is 36.3 Å². The topological polar surface area (TPSA) is 69.7 Å². The van der Waals surface area contributed by atoms with Crippen LogP contribution in [0, 0.1) is 5.92 Å². The molecule has 4 amide bonds. The van der Waals surface area contributed by atoms with Gasteiger partial charge < -0.3 is 10.2 Å². The normalized spacial score (nSPS) is 27.8. The summed E-state index contributed by atoms with van der Waals surface area (Å²) in [6.45, 7) is 2.95. The third kappa shape index (κ3) is 3.21. The Hall–Kier alpha value is -2.63. The van der Waals surface area contributed by atoms with Gasteiger partial charge in [0.25, 0.3) is 5.91 Å². The van der Waals surface area contributed by atoms with Gasteiger partial charge >= 0.3 is 6.03 Å². The fourth-order valence-corrected chi connectivity index (χ4v) is 4.68. The zero-order valence-electron chi connectivity index (χ0n) is 16.3. The predicted octanol–water partition coefficient (Wildman–Crippen LogP) is 2.80. The molecule has 1 N–H and O–H groups in total. The van der Waals surface area contributed by atoms with E-state index in [1.165, 1.54) is 11.1 Å². The SMILES string of the molecule is CC1CCCCC12NC(=O)N(CC(=O)N1CC=C(c3ccccc3)CC1)C2=O. The first-order valence-corrected chi connectivity index (χ1v) is 10.2. The van der Waals surface area contributed by atoms with Crippen LogP contribution in [0.1, 0.15) is 44.6 Å². The highest BCUT2D eigenvalue weighted by atomic mass is 16.2. The third-order valence-electron chi connectivity index (χ3n) is 6.50. The minimum absolute atomic E-state index is 0.101. The summed E-state index contributed by atoms with van der Waals surface area (Å²) in [5.74, 6) is -0.299. The number of urea groups is 1. The molecule has 1 aliphatic carbocycles. The van der Waals surface area contributed by atoms with Crippen molar-refractivity contribution in [1.29, 1.82) is 0 Å². The van der Waals surface area contributed by atoms with E-state index in [1.807, 2.05) is 25.1 Å². The summed E-state index contributed by atoms with van der Waals surface area (Å²) in [7, 11) is 0. The van der Waals surface area contributed by atoms with Crippen LogP contribution in [-0.2, 0) is 9.59 Å². The van der Waals surface area contributed by atoms with Gasteiger partial charge in [-0.3, -0.25) is 14.5 Å². The lowest BCUT2D eigenvalue weighted by atomic mass is 9.73. The number of hydrogen-bond donors (Lipinski definition) is 1. The number of carbonyl (C=O) groups excluding carboxylic acids is 3. The molecule has 0 aromatic heterocycles. The Morgan fingerprint density at radius 3 is 2.68 bits per heavy atom. The van der Waals surface area contributed by atoms with Gasteiger partial charge in [0.1, 0.15) is 12.1 Å². The number of hydrogen-bond acceptors (Lipinski definition) is 3. The maximum atomic E-state index is 13.0. The highest BCUT2D eigenvalue weighted by molar-refractivity contribution is 6.09. The van der Waals surface area contributed by atoms with Crippen molar-refractivity contribution in [1.82, 2.24) is 15.1 Å². The average molecular weight is 381 g/mol. The van der Waals surface area contributed by atoms with E-state index >= 15 is 0 Å². The lowest BCUT2D eigenvalue weighted by Gasteiger charge is -2.37. The maximum Gasteiger partial charge on any atom is 0.325 e. The van der Waals surface area contributed by atoms with Gasteiger partial charge in [0.2, 0.25) is 5.91 Å². The minimum Gasteiger partial charge on any atom is -0.337 e. The maximum absolute atomic E-state index is 13.0. The summed E-state index contributed by atoms with van der Waals surface area (Å²) in [6, 6.07) is 9.72. The molecule has 1 aromatic carbocycles. The first-order valence-electron chi connectivity index (χ1n) is 10.2. The summed E-state index contributed by atoms with van der Waals surface area (Å²) in [5, 5.41) is 2.91. The third-order valence-corrected chi connectivity index (χ3v) is 6.50. The van der Waals surface area contributed by atoms with Crippen LogP contribution in [0.15, 0.2) is 36.4 Å². The standard InChI is InChI=1S/C22H27N3O3/c1-16-7-5-6-12-22(16)20(27)25(21(28)23-22)15-19(26)24-13-10-18(11-14-24)17-8-3-2-4-9-17/h2-4,8-10,16H,5-7,11-15H2,1H3,(H,23,28). The molecule has 2 aliphatic heterocycles. The molecule has 1 spiro atoms. The highest BCUT2D eigenvalue weighted by Gasteiger charge is 2.55. The Morgan fingerprint density at radius 2 is 2.00 bits per heavy atom. The number of amides is 4. The molecule has 1 aromatic rings. The molecule has 2 fully saturated rings. The summed E-state index contributed by atoms with van der Waals surface area (Å²) in [6.07, 6.45) is 6.43. The van der Waals surface area contributed by atoms with Gasteiger partial charge in [-0.15, -0.1) is 0 Å². The molecule has 6 nitrogen and oxygen atoms in total. The van der Waals surface area contributed by atoms with Crippen molar-refractivity contribution in [3.63, 3.8) is 0 Å². The van der Waals surface area contributed by atoms with Gasteiger partial charge in [-0.1, -0.05) is 56.2 Å². The summed E-state index contributed by atoms with van der Waals surface area (Å²) < 4.78 is 0. The fraction of sp³-hybridized carbons (Fsp3) is 0.500. The van der Waals surface area contributed by atoms with Crippen LogP contribution in [0.3, 0.4) is 0 Å². The first kappa shape index (κ1) is 18.7. The van der Waals surface area contributed by atoms with Gasteiger partial charge in [-0.25, -0.2) is 4.79 Å². The van der Waals surface area contributed by atoms with Crippen LogP contribution in [0.25, 0.3) is 5.57 Å². The van der Waals surface area contributed by atoms with Gasteiger partial charge in [-0.2, -0.15) is 0 Å². The Balaban J connectivity index is 1.41. The summed E-state index contributed by atoms with van der Waals surface area (Å²) in [4.78, 5) is 41.1. The van der Waals surface area contributed by atoms with E-state index in [1.54, 1.807) is 4.90 Å². The lowest BCUT2D eigenvalue weighted by molar-refractivity contribution is -0.140. The van der Waals surface area contributed by atoms with Crippen LogP contribution >= 0.6 is 0 Å². The van der Waals surface area contributed by atoms with Crippen molar-refractivity contribution >= 4 is 23.4 Å². The molecule has 0 radical (unpaired) electrons. The monoisotopic (exact) mass is 381 g/mol. The van der Waals surface area contributed by atoms with Crippen molar-refractivity contribution in [2.24, 2.45) is 5.92 Å². The second-order valence-corrected chi connectivity index (χ2v) is 8.12. The fourth-order valence-electron chi connectivity index (χ4n) is 4.68. The highest BCUT2D eigenvalue weighted by Crippen LogP contribution is 2.38. The van der Waals surface area contributed by atoms with E-state index in [0.717, 1.165) is 30.6 Å². The Bertz CT molecular complexity index is 820. The second-order valence-electron chi connectivity index (χ2n) is 8.12.